The van der Waals surface area contributed by atoms with Gasteiger partial charge in [0.15, 0.2) is 6.29 Å². The molecule has 0 N–H and O–H groups in total. The molecular weight excluding hydrogens is 198 g/mol. The van der Waals surface area contributed by atoms with Crippen LogP contribution in [0.4, 0.5) is 0 Å². The zero-order chi connectivity index (χ0) is 11.7. The minimum Gasteiger partial charge on any atom is -0.348 e. The predicted octanol–water partition coefficient (Wildman–Crippen LogP) is 3.12. The van der Waals surface area contributed by atoms with Crippen molar-refractivity contribution in [2.75, 3.05) is 0 Å². The Labute approximate surface area is 95.5 Å². The van der Waals surface area contributed by atoms with Crippen molar-refractivity contribution in [1.29, 1.82) is 0 Å². The molecule has 0 amide bonds. The van der Waals surface area contributed by atoms with Gasteiger partial charge in [-0.1, -0.05) is 18.2 Å². The summed E-state index contributed by atoms with van der Waals surface area (Å²) in [5.41, 5.74) is 5.51. The average Bonchev–Trinajstić information content (AvgIpc) is 2.64. The zero-order valence-corrected chi connectivity index (χ0v) is 9.82. The lowest BCUT2D eigenvalue weighted by atomic mass is 10.0. The molecule has 0 radical (unpaired) electrons. The van der Waals surface area contributed by atoms with Crippen molar-refractivity contribution in [1.82, 2.24) is 4.57 Å². The first-order valence-electron chi connectivity index (χ1n) is 5.31. The van der Waals surface area contributed by atoms with Gasteiger partial charge in [0, 0.05) is 18.8 Å². The molecule has 0 saturated carbocycles. The Balaban J connectivity index is 2.50. The van der Waals surface area contributed by atoms with Crippen LogP contribution in [0.15, 0.2) is 30.5 Å². The van der Waals surface area contributed by atoms with Crippen LogP contribution in [0.1, 0.15) is 21.6 Å². The van der Waals surface area contributed by atoms with E-state index < -0.39 is 0 Å². The molecule has 0 aliphatic heterocycles. The molecular formula is C14H15NO. The lowest BCUT2D eigenvalue weighted by Gasteiger charge is -2.02. The van der Waals surface area contributed by atoms with E-state index in [4.69, 9.17) is 0 Å². The van der Waals surface area contributed by atoms with E-state index in [0.29, 0.717) is 5.69 Å². The maximum atomic E-state index is 10.8. The van der Waals surface area contributed by atoms with Crippen molar-refractivity contribution < 1.29 is 4.79 Å². The molecule has 0 fully saturated rings. The maximum absolute atomic E-state index is 10.8. The van der Waals surface area contributed by atoms with Crippen LogP contribution in [0.5, 0.6) is 0 Å². The van der Waals surface area contributed by atoms with Crippen LogP contribution in [0.2, 0.25) is 0 Å². The molecule has 0 saturated heterocycles. The molecule has 1 aromatic heterocycles. The SMILES string of the molecule is Cc1ccc(-c2cc(C=O)n(C)c2)cc1C. The van der Waals surface area contributed by atoms with Gasteiger partial charge < -0.3 is 4.57 Å². The van der Waals surface area contributed by atoms with Gasteiger partial charge in [0.05, 0.1) is 5.69 Å². The third kappa shape index (κ3) is 1.78. The van der Waals surface area contributed by atoms with Crippen LogP contribution in [0.3, 0.4) is 0 Å². The summed E-state index contributed by atoms with van der Waals surface area (Å²) in [6.45, 7) is 4.20. The van der Waals surface area contributed by atoms with Gasteiger partial charge in [-0.2, -0.15) is 0 Å². The molecule has 1 aromatic carbocycles. The smallest absolute Gasteiger partial charge is 0.166 e. The Morgan fingerprint density at radius 1 is 1.06 bits per heavy atom. The van der Waals surface area contributed by atoms with E-state index in [1.54, 1.807) is 0 Å². The van der Waals surface area contributed by atoms with E-state index in [0.717, 1.165) is 17.4 Å². The summed E-state index contributed by atoms with van der Waals surface area (Å²) in [5, 5.41) is 0. The summed E-state index contributed by atoms with van der Waals surface area (Å²) in [4.78, 5) is 10.8. The summed E-state index contributed by atoms with van der Waals surface area (Å²) in [6.07, 6.45) is 2.86. The van der Waals surface area contributed by atoms with Gasteiger partial charge in [-0.3, -0.25) is 4.79 Å². The number of hydrogen-bond acceptors (Lipinski definition) is 1. The molecule has 82 valence electrons. The molecule has 0 aliphatic rings. The van der Waals surface area contributed by atoms with E-state index in [1.807, 2.05) is 23.9 Å². The fraction of sp³-hybridized carbons (Fsp3) is 0.214. The normalized spacial score (nSPS) is 10.4. The van der Waals surface area contributed by atoms with E-state index in [1.165, 1.54) is 11.1 Å². The third-order valence-electron chi connectivity index (χ3n) is 3.00. The Hall–Kier alpha value is -1.83. The number of rotatable bonds is 2. The Kier molecular flexibility index (Phi) is 2.65. The Morgan fingerprint density at radius 2 is 1.81 bits per heavy atom. The van der Waals surface area contributed by atoms with Crippen LogP contribution < -0.4 is 0 Å². The molecule has 2 aromatic rings. The van der Waals surface area contributed by atoms with Gasteiger partial charge in [-0.25, -0.2) is 0 Å². The maximum Gasteiger partial charge on any atom is 0.166 e. The number of benzene rings is 1. The highest BCUT2D eigenvalue weighted by Gasteiger charge is 2.05. The van der Waals surface area contributed by atoms with Crippen molar-refractivity contribution in [2.24, 2.45) is 7.05 Å². The molecule has 0 bridgehead atoms. The highest BCUT2D eigenvalue weighted by Crippen LogP contribution is 2.23. The fourth-order valence-electron chi connectivity index (χ4n) is 1.78. The number of nitrogens with zero attached hydrogens (tertiary/aromatic N) is 1. The Morgan fingerprint density at radius 3 is 2.38 bits per heavy atom. The highest BCUT2D eigenvalue weighted by molar-refractivity contribution is 5.78. The molecule has 2 nitrogen and oxygen atoms in total. The largest absolute Gasteiger partial charge is 0.348 e. The van der Waals surface area contributed by atoms with Crippen molar-refractivity contribution in [2.45, 2.75) is 13.8 Å². The van der Waals surface area contributed by atoms with Crippen molar-refractivity contribution in [3.8, 4) is 11.1 Å². The summed E-state index contributed by atoms with van der Waals surface area (Å²) < 4.78 is 1.84. The van der Waals surface area contributed by atoms with E-state index in [-0.39, 0.29) is 0 Å². The van der Waals surface area contributed by atoms with Crippen molar-refractivity contribution in [3.63, 3.8) is 0 Å². The second-order valence-electron chi connectivity index (χ2n) is 4.18. The average molecular weight is 213 g/mol. The molecule has 0 unspecified atom stereocenters. The zero-order valence-electron chi connectivity index (χ0n) is 9.82. The van der Waals surface area contributed by atoms with Gasteiger partial charge in [-0.15, -0.1) is 0 Å². The number of aldehydes is 1. The van der Waals surface area contributed by atoms with Gasteiger partial charge in [0.1, 0.15) is 0 Å². The number of aryl methyl sites for hydroxylation is 3. The first-order valence-corrected chi connectivity index (χ1v) is 5.31. The van der Waals surface area contributed by atoms with E-state index in [9.17, 15) is 4.79 Å². The molecule has 1 heterocycles. The van der Waals surface area contributed by atoms with Crippen LogP contribution >= 0.6 is 0 Å². The van der Waals surface area contributed by atoms with Crippen LogP contribution in [-0.4, -0.2) is 10.9 Å². The first-order chi connectivity index (χ1) is 7.61. The predicted molar refractivity (Wildman–Crippen MR) is 65.7 cm³/mol. The van der Waals surface area contributed by atoms with Crippen LogP contribution in [-0.2, 0) is 7.05 Å². The van der Waals surface area contributed by atoms with Crippen LogP contribution in [0.25, 0.3) is 11.1 Å². The summed E-state index contributed by atoms with van der Waals surface area (Å²) in [7, 11) is 1.88. The van der Waals surface area contributed by atoms with Gasteiger partial charge in [0.25, 0.3) is 0 Å². The lowest BCUT2D eigenvalue weighted by Crippen LogP contribution is -1.90. The van der Waals surface area contributed by atoms with E-state index in [2.05, 4.69) is 32.0 Å². The van der Waals surface area contributed by atoms with E-state index >= 15 is 0 Å². The number of carbonyl (C=O) groups is 1. The second-order valence-corrected chi connectivity index (χ2v) is 4.18. The number of carbonyl (C=O) groups excluding carboxylic acids is 1. The van der Waals surface area contributed by atoms with Gasteiger partial charge in [-0.05, 0) is 36.6 Å². The Bertz CT molecular complexity index is 538. The third-order valence-corrected chi connectivity index (χ3v) is 3.00. The monoisotopic (exact) mass is 213 g/mol. The summed E-state index contributed by atoms with van der Waals surface area (Å²) >= 11 is 0. The standard InChI is InChI=1S/C14H15NO/c1-10-4-5-12(6-11(10)2)13-7-14(9-16)15(3)8-13/h4-9H,1-3H3. The van der Waals surface area contributed by atoms with Gasteiger partial charge in [0.2, 0.25) is 0 Å². The minimum absolute atomic E-state index is 0.702. The second kappa shape index (κ2) is 3.97. The molecule has 2 rings (SSSR count). The highest BCUT2D eigenvalue weighted by atomic mass is 16.1. The molecule has 0 spiro atoms. The topological polar surface area (TPSA) is 22.0 Å². The molecule has 0 atom stereocenters. The van der Waals surface area contributed by atoms with Gasteiger partial charge >= 0.3 is 0 Å². The molecule has 2 heteroatoms. The summed E-state index contributed by atoms with van der Waals surface area (Å²) in [6, 6.07) is 8.26. The lowest BCUT2D eigenvalue weighted by molar-refractivity contribution is 0.111. The van der Waals surface area contributed by atoms with Crippen molar-refractivity contribution >= 4 is 6.29 Å². The fourth-order valence-corrected chi connectivity index (χ4v) is 1.78. The minimum atomic E-state index is 0.702. The van der Waals surface area contributed by atoms with Crippen molar-refractivity contribution in [3.05, 3.63) is 47.3 Å². The first kappa shape index (κ1) is 10.7. The van der Waals surface area contributed by atoms with Crippen LogP contribution in [0, 0.1) is 13.8 Å². The molecule has 16 heavy (non-hydrogen) atoms. The quantitative estimate of drug-likeness (QED) is 0.702. The number of hydrogen-bond donors (Lipinski definition) is 0. The molecule has 0 aliphatic carbocycles. The summed E-state index contributed by atoms with van der Waals surface area (Å²) in [5.74, 6) is 0. The number of aromatic nitrogens is 1.